The van der Waals surface area contributed by atoms with Crippen LogP contribution in [-0.2, 0) is 4.79 Å². The quantitative estimate of drug-likeness (QED) is 0.595. The number of hydrogen-bond acceptors (Lipinski definition) is 2. The monoisotopic (exact) mass is 157 g/mol. The molecule has 0 rings (SSSR count). The SMILES string of the molecule is O=C(O)CNCP(F)F. The van der Waals surface area contributed by atoms with Crippen molar-refractivity contribution in [1.82, 2.24) is 5.32 Å². The molecule has 3 nitrogen and oxygen atoms in total. The fourth-order valence-corrected chi connectivity index (χ4v) is 0.528. The molecule has 0 aliphatic rings. The van der Waals surface area contributed by atoms with Gasteiger partial charge in [0, 0.05) is 0 Å². The second kappa shape index (κ2) is 4.58. The van der Waals surface area contributed by atoms with Crippen LogP contribution in [0, 0.1) is 0 Å². The molecule has 0 aliphatic heterocycles. The highest BCUT2D eigenvalue weighted by atomic mass is 31.2. The number of halogens is 2. The Morgan fingerprint density at radius 3 is 2.56 bits per heavy atom. The highest BCUT2D eigenvalue weighted by Crippen LogP contribution is 2.36. The van der Waals surface area contributed by atoms with Crippen molar-refractivity contribution in [3.8, 4) is 0 Å². The Morgan fingerprint density at radius 1 is 1.67 bits per heavy atom. The summed E-state index contributed by atoms with van der Waals surface area (Å²) in [5, 5.41) is 9.99. The van der Waals surface area contributed by atoms with Crippen LogP contribution in [-0.4, -0.2) is 23.9 Å². The van der Waals surface area contributed by atoms with E-state index in [0.29, 0.717) is 0 Å². The molecule has 0 aromatic carbocycles. The number of carboxylic acids is 1. The molecule has 0 saturated carbocycles. The van der Waals surface area contributed by atoms with Gasteiger partial charge in [0.1, 0.15) is 0 Å². The first-order valence-electron chi connectivity index (χ1n) is 2.14. The molecule has 0 heterocycles. The third-order valence-electron chi connectivity index (χ3n) is 0.508. The van der Waals surface area contributed by atoms with E-state index < -0.39 is 27.3 Å². The van der Waals surface area contributed by atoms with Crippen molar-refractivity contribution in [3.63, 3.8) is 0 Å². The molecule has 0 radical (unpaired) electrons. The molecule has 0 fully saturated rings. The average Bonchev–Trinajstić information content (AvgIpc) is 1.63. The molecule has 0 aromatic rings. The second-order valence-electron chi connectivity index (χ2n) is 1.28. The first kappa shape index (κ1) is 8.72. The van der Waals surface area contributed by atoms with Crippen LogP contribution in [0.2, 0.25) is 0 Å². The van der Waals surface area contributed by atoms with Gasteiger partial charge in [0.05, 0.1) is 12.8 Å². The Hall–Kier alpha value is -0.280. The summed E-state index contributed by atoms with van der Waals surface area (Å²) in [5.74, 6) is -1.12. The van der Waals surface area contributed by atoms with Crippen LogP contribution in [0.3, 0.4) is 0 Å². The van der Waals surface area contributed by atoms with E-state index in [1.807, 2.05) is 0 Å². The van der Waals surface area contributed by atoms with Crippen molar-refractivity contribution in [2.24, 2.45) is 0 Å². The molecule has 0 bridgehead atoms. The van der Waals surface area contributed by atoms with Gasteiger partial charge in [-0.05, 0) is 0 Å². The van der Waals surface area contributed by atoms with Crippen LogP contribution in [0.15, 0.2) is 0 Å². The third kappa shape index (κ3) is 7.72. The Labute approximate surface area is 52.1 Å². The Morgan fingerprint density at radius 2 is 2.22 bits per heavy atom. The van der Waals surface area contributed by atoms with Gasteiger partial charge in [0.25, 0.3) is 8.54 Å². The summed E-state index contributed by atoms with van der Waals surface area (Å²) in [6, 6.07) is 0. The maximum absolute atomic E-state index is 11.3. The fourth-order valence-electron chi connectivity index (χ4n) is 0.247. The van der Waals surface area contributed by atoms with Gasteiger partial charge in [-0.15, -0.1) is 0 Å². The standard InChI is InChI=1S/C3H6F2NO2P/c4-9(5)2-6-1-3(7)8/h6H,1-2H2,(H,7,8). The molecule has 0 aromatic heterocycles. The summed E-state index contributed by atoms with van der Waals surface area (Å²) in [6.45, 7) is -0.396. The van der Waals surface area contributed by atoms with E-state index in [-0.39, 0.29) is 0 Å². The van der Waals surface area contributed by atoms with Crippen LogP contribution in [0.4, 0.5) is 8.39 Å². The lowest BCUT2D eigenvalue weighted by molar-refractivity contribution is -0.135. The first-order valence-corrected chi connectivity index (χ1v) is 3.45. The molecule has 0 unspecified atom stereocenters. The zero-order valence-corrected chi connectivity index (χ0v) is 5.37. The van der Waals surface area contributed by atoms with E-state index in [9.17, 15) is 13.2 Å². The molecule has 0 atom stereocenters. The number of hydrogen-bond donors (Lipinski definition) is 2. The van der Waals surface area contributed by atoms with Crippen molar-refractivity contribution in [2.75, 3.05) is 12.8 Å². The number of rotatable bonds is 4. The van der Waals surface area contributed by atoms with Gasteiger partial charge in [-0.1, -0.05) is 0 Å². The summed E-state index contributed by atoms with van der Waals surface area (Å²) in [7, 11) is -3.01. The third-order valence-corrected chi connectivity index (χ3v) is 0.970. The topological polar surface area (TPSA) is 49.3 Å². The van der Waals surface area contributed by atoms with Crippen molar-refractivity contribution in [3.05, 3.63) is 0 Å². The molecule has 0 spiro atoms. The minimum Gasteiger partial charge on any atom is -0.480 e. The summed E-state index contributed by atoms with van der Waals surface area (Å²) in [5.41, 5.74) is 0. The Bertz CT molecular complexity index is 99.8. The number of aliphatic carboxylic acids is 1. The van der Waals surface area contributed by atoms with Crippen LogP contribution in [0.1, 0.15) is 0 Å². The molecule has 2 N–H and O–H groups in total. The Balaban J connectivity index is 3.01. The van der Waals surface area contributed by atoms with Gasteiger partial charge in [-0.25, -0.2) is 0 Å². The van der Waals surface area contributed by atoms with Gasteiger partial charge in [-0.2, -0.15) is 8.39 Å². The van der Waals surface area contributed by atoms with Crippen molar-refractivity contribution < 1.29 is 18.3 Å². The zero-order valence-electron chi connectivity index (χ0n) is 4.47. The van der Waals surface area contributed by atoms with Crippen molar-refractivity contribution in [2.45, 2.75) is 0 Å². The summed E-state index contributed by atoms with van der Waals surface area (Å²) >= 11 is 0. The molecule has 6 heteroatoms. The maximum atomic E-state index is 11.3. The number of nitrogens with one attached hydrogen (secondary N) is 1. The van der Waals surface area contributed by atoms with Gasteiger partial charge in [0.15, 0.2) is 0 Å². The van der Waals surface area contributed by atoms with Crippen LogP contribution >= 0.6 is 8.54 Å². The van der Waals surface area contributed by atoms with Gasteiger partial charge < -0.3 is 5.11 Å². The first-order chi connectivity index (χ1) is 4.13. The predicted molar refractivity (Wildman–Crippen MR) is 29.6 cm³/mol. The summed E-state index contributed by atoms with van der Waals surface area (Å²) < 4.78 is 22.6. The molecular weight excluding hydrogens is 151 g/mol. The van der Waals surface area contributed by atoms with E-state index in [4.69, 9.17) is 5.11 Å². The number of carboxylic acid groups (broad SMARTS) is 1. The minimum absolute atomic E-state index is 0.396. The molecule has 9 heavy (non-hydrogen) atoms. The number of carbonyl (C=O) groups is 1. The largest absolute Gasteiger partial charge is 0.480 e. The molecule has 0 aliphatic carbocycles. The van der Waals surface area contributed by atoms with Gasteiger partial charge in [0.2, 0.25) is 0 Å². The lowest BCUT2D eigenvalue weighted by Gasteiger charge is -1.96. The van der Waals surface area contributed by atoms with E-state index in [0.717, 1.165) is 0 Å². The molecule has 0 amide bonds. The zero-order chi connectivity index (χ0) is 7.28. The van der Waals surface area contributed by atoms with E-state index in [1.54, 1.807) is 0 Å². The summed E-state index contributed by atoms with van der Waals surface area (Å²) in [6.07, 6.45) is -0.498. The fraction of sp³-hybridized carbons (Fsp3) is 0.667. The predicted octanol–water partition coefficient (Wildman–Crippen LogP) is 0.869. The second-order valence-corrected chi connectivity index (χ2v) is 2.20. The minimum atomic E-state index is -3.01. The maximum Gasteiger partial charge on any atom is 0.317 e. The van der Waals surface area contributed by atoms with Gasteiger partial charge in [-0.3, -0.25) is 10.1 Å². The average molecular weight is 157 g/mol. The lowest BCUT2D eigenvalue weighted by atomic mass is 10.7. The molecular formula is C3H6F2NO2P. The van der Waals surface area contributed by atoms with Crippen molar-refractivity contribution >= 4 is 14.5 Å². The van der Waals surface area contributed by atoms with Crippen molar-refractivity contribution in [1.29, 1.82) is 0 Å². The van der Waals surface area contributed by atoms with E-state index in [2.05, 4.69) is 5.32 Å². The summed E-state index contributed by atoms with van der Waals surface area (Å²) in [4.78, 5) is 9.68. The highest BCUT2D eigenvalue weighted by Gasteiger charge is 2.03. The molecule has 0 saturated heterocycles. The van der Waals surface area contributed by atoms with E-state index in [1.165, 1.54) is 0 Å². The molecule has 54 valence electrons. The van der Waals surface area contributed by atoms with Crippen LogP contribution < -0.4 is 5.32 Å². The van der Waals surface area contributed by atoms with Gasteiger partial charge >= 0.3 is 5.97 Å². The van der Waals surface area contributed by atoms with Crippen LogP contribution in [0.25, 0.3) is 0 Å². The lowest BCUT2D eigenvalue weighted by Crippen LogP contribution is -2.21. The smallest absolute Gasteiger partial charge is 0.317 e. The normalized spacial score (nSPS) is 10.1. The van der Waals surface area contributed by atoms with Crippen LogP contribution in [0.5, 0.6) is 0 Å². The Kier molecular flexibility index (Phi) is 4.44. The van der Waals surface area contributed by atoms with E-state index >= 15 is 0 Å². The highest BCUT2D eigenvalue weighted by molar-refractivity contribution is 7.46.